The number of hydrogen-bond donors (Lipinski definition) is 1. The highest BCUT2D eigenvalue weighted by molar-refractivity contribution is 6.31. The average molecular weight is 281 g/mol. The largest absolute Gasteiger partial charge is 0.371 e. The van der Waals surface area contributed by atoms with Crippen LogP contribution in [0.1, 0.15) is 25.3 Å². The van der Waals surface area contributed by atoms with Crippen molar-refractivity contribution in [2.24, 2.45) is 0 Å². The van der Waals surface area contributed by atoms with E-state index in [2.05, 4.69) is 23.2 Å². The van der Waals surface area contributed by atoms with Crippen LogP contribution in [0.5, 0.6) is 0 Å². The van der Waals surface area contributed by atoms with Crippen molar-refractivity contribution >= 4 is 17.3 Å². The van der Waals surface area contributed by atoms with Crippen LogP contribution < -0.4 is 10.2 Å². The molecule has 2 aliphatic rings. The topological polar surface area (TPSA) is 24.5 Å². The molecule has 4 heteroatoms. The molecule has 2 bridgehead atoms. The molecular weight excluding hydrogens is 260 g/mol. The quantitative estimate of drug-likeness (QED) is 0.918. The number of rotatable bonds is 4. The van der Waals surface area contributed by atoms with Gasteiger partial charge in [-0.2, -0.15) is 0 Å². The van der Waals surface area contributed by atoms with Gasteiger partial charge in [0, 0.05) is 35.9 Å². The number of ether oxygens (including phenoxy) is 1. The molecule has 0 aliphatic carbocycles. The number of fused-ring (bicyclic) bond motifs is 2. The van der Waals surface area contributed by atoms with Gasteiger partial charge in [0.05, 0.1) is 12.2 Å². The van der Waals surface area contributed by atoms with Crippen LogP contribution in [-0.2, 0) is 11.3 Å². The molecule has 1 aromatic rings. The van der Waals surface area contributed by atoms with E-state index in [1.54, 1.807) is 0 Å². The lowest BCUT2D eigenvalue weighted by molar-refractivity contribution is 0.0304. The Kier molecular flexibility index (Phi) is 3.96. The van der Waals surface area contributed by atoms with Crippen LogP contribution in [0.2, 0.25) is 5.02 Å². The molecule has 2 heterocycles. The highest BCUT2D eigenvalue weighted by Crippen LogP contribution is 2.33. The fraction of sp³-hybridized carbons (Fsp3) is 0.600. The second-order valence-corrected chi connectivity index (χ2v) is 5.79. The fourth-order valence-electron chi connectivity index (χ4n) is 3.08. The molecule has 0 saturated carbocycles. The third-order valence-electron chi connectivity index (χ3n) is 4.03. The van der Waals surface area contributed by atoms with Gasteiger partial charge in [0.2, 0.25) is 0 Å². The number of anilines is 1. The molecule has 2 fully saturated rings. The summed E-state index contributed by atoms with van der Waals surface area (Å²) in [5.74, 6) is 0. The van der Waals surface area contributed by atoms with E-state index < -0.39 is 0 Å². The zero-order valence-electron chi connectivity index (χ0n) is 11.4. The lowest BCUT2D eigenvalue weighted by Gasteiger charge is -2.35. The molecule has 2 atom stereocenters. The molecule has 3 nitrogen and oxygen atoms in total. The predicted molar refractivity (Wildman–Crippen MR) is 78.9 cm³/mol. The summed E-state index contributed by atoms with van der Waals surface area (Å²) >= 11 is 6.37. The van der Waals surface area contributed by atoms with Crippen LogP contribution in [0.3, 0.4) is 0 Å². The maximum Gasteiger partial charge on any atom is 0.0755 e. The maximum absolute atomic E-state index is 6.37. The number of nitrogens with zero attached hydrogens (tertiary/aromatic N) is 1. The summed E-state index contributed by atoms with van der Waals surface area (Å²) in [4.78, 5) is 2.45. The average Bonchev–Trinajstić information content (AvgIpc) is 2.76. The van der Waals surface area contributed by atoms with Gasteiger partial charge in [-0.25, -0.2) is 0 Å². The Morgan fingerprint density at radius 3 is 2.74 bits per heavy atom. The number of morpholine rings is 1. The van der Waals surface area contributed by atoms with Crippen molar-refractivity contribution in [1.29, 1.82) is 0 Å². The zero-order valence-corrected chi connectivity index (χ0v) is 12.1. The smallest absolute Gasteiger partial charge is 0.0755 e. The Balaban J connectivity index is 1.85. The molecule has 2 saturated heterocycles. The first-order valence-electron chi connectivity index (χ1n) is 7.16. The van der Waals surface area contributed by atoms with E-state index in [0.717, 1.165) is 31.2 Å². The third kappa shape index (κ3) is 2.73. The van der Waals surface area contributed by atoms with Gasteiger partial charge in [0.25, 0.3) is 0 Å². The van der Waals surface area contributed by atoms with Crippen LogP contribution in [-0.4, -0.2) is 31.8 Å². The summed E-state index contributed by atoms with van der Waals surface area (Å²) in [6.45, 7) is 5.90. The van der Waals surface area contributed by atoms with Crippen LogP contribution in [0.25, 0.3) is 0 Å². The van der Waals surface area contributed by atoms with Crippen molar-refractivity contribution in [3.05, 3.63) is 28.8 Å². The Labute approximate surface area is 119 Å². The van der Waals surface area contributed by atoms with Crippen molar-refractivity contribution in [3.63, 3.8) is 0 Å². The molecular formula is C15H21ClN2O. The number of nitrogens with one attached hydrogen (secondary N) is 1. The van der Waals surface area contributed by atoms with Gasteiger partial charge in [-0.05, 0) is 31.5 Å². The van der Waals surface area contributed by atoms with Crippen molar-refractivity contribution in [2.45, 2.75) is 38.5 Å². The fourth-order valence-corrected chi connectivity index (χ4v) is 3.32. The third-order valence-corrected chi connectivity index (χ3v) is 4.38. The minimum Gasteiger partial charge on any atom is -0.371 e. The van der Waals surface area contributed by atoms with E-state index in [4.69, 9.17) is 16.3 Å². The SMILES string of the molecule is CCNCc1c(Cl)cccc1N1CC2CCC(C1)O2. The van der Waals surface area contributed by atoms with E-state index in [1.165, 1.54) is 24.1 Å². The summed E-state index contributed by atoms with van der Waals surface area (Å²) < 4.78 is 5.91. The van der Waals surface area contributed by atoms with E-state index in [0.29, 0.717) is 12.2 Å². The molecule has 104 valence electrons. The second-order valence-electron chi connectivity index (χ2n) is 5.38. The van der Waals surface area contributed by atoms with Crippen molar-refractivity contribution < 1.29 is 4.74 Å². The monoisotopic (exact) mass is 280 g/mol. The molecule has 0 spiro atoms. The summed E-state index contributed by atoms with van der Waals surface area (Å²) in [6, 6.07) is 6.21. The minimum atomic E-state index is 0.407. The molecule has 1 N–H and O–H groups in total. The van der Waals surface area contributed by atoms with E-state index >= 15 is 0 Å². The van der Waals surface area contributed by atoms with Crippen LogP contribution in [0.4, 0.5) is 5.69 Å². The lowest BCUT2D eigenvalue weighted by atomic mass is 10.1. The van der Waals surface area contributed by atoms with Gasteiger partial charge in [-0.3, -0.25) is 0 Å². The molecule has 0 aromatic heterocycles. The molecule has 3 rings (SSSR count). The van der Waals surface area contributed by atoms with Gasteiger partial charge in [-0.15, -0.1) is 0 Å². The van der Waals surface area contributed by atoms with E-state index in [-0.39, 0.29) is 0 Å². The molecule has 19 heavy (non-hydrogen) atoms. The molecule has 2 aliphatic heterocycles. The van der Waals surface area contributed by atoms with Gasteiger partial charge in [0.15, 0.2) is 0 Å². The molecule has 2 unspecified atom stereocenters. The number of benzene rings is 1. The highest BCUT2D eigenvalue weighted by Gasteiger charge is 2.34. The first kappa shape index (κ1) is 13.2. The summed E-state index contributed by atoms with van der Waals surface area (Å²) in [5, 5.41) is 4.24. The summed E-state index contributed by atoms with van der Waals surface area (Å²) in [6.07, 6.45) is 3.21. The minimum absolute atomic E-state index is 0.407. The van der Waals surface area contributed by atoms with Gasteiger partial charge in [-0.1, -0.05) is 24.6 Å². The van der Waals surface area contributed by atoms with Crippen LogP contribution in [0.15, 0.2) is 18.2 Å². The number of halogens is 1. The maximum atomic E-state index is 6.37. The lowest BCUT2D eigenvalue weighted by Crippen LogP contribution is -2.43. The Morgan fingerprint density at radius 2 is 2.05 bits per heavy atom. The normalized spacial score (nSPS) is 25.9. The van der Waals surface area contributed by atoms with Gasteiger partial charge in [0.1, 0.15) is 0 Å². The number of hydrogen-bond acceptors (Lipinski definition) is 3. The van der Waals surface area contributed by atoms with Gasteiger partial charge >= 0.3 is 0 Å². The van der Waals surface area contributed by atoms with E-state index in [9.17, 15) is 0 Å². The van der Waals surface area contributed by atoms with Gasteiger partial charge < -0.3 is 15.0 Å². The molecule has 0 amide bonds. The Morgan fingerprint density at radius 1 is 1.32 bits per heavy atom. The van der Waals surface area contributed by atoms with Crippen molar-refractivity contribution in [2.75, 3.05) is 24.5 Å². The van der Waals surface area contributed by atoms with Crippen molar-refractivity contribution in [1.82, 2.24) is 5.32 Å². The van der Waals surface area contributed by atoms with Crippen molar-refractivity contribution in [3.8, 4) is 0 Å². The Bertz CT molecular complexity index is 440. The van der Waals surface area contributed by atoms with Crippen LogP contribution >= 0.6 is 11.6 Å². The summed E-state index contributed by atoms with van der Waals surface area (Å²) in [5.41, 5.74) is 2.49. The summed E-state index contributed by atoms with van der Waals surface area (Å²) in [7, 11) is 0. The highest BCUT2D eigenvalue weighted by atomic mass is 35.5. The Hall–Kier alpha value is -0.770. The van der Waals surface area contributed by atoms with E-state index in [1.807, 2.05) is 12.1 Å². The predicted octanol–water partition coefficient (Wildman–Crippen LogP) is 2.82. The second kappa shape index (κ2) is 5.70. The molecule has 1 aromatic carbocycles. The zero-order chi connectivity index (χ0) is 13.2. The van der Waals surface area contributed by atoms with Crippen LogP contribution in [0, 0.1) is 0 Å². The molecule has 0 radical (unpaired) electrons. The standard InChI is InChI=1S/C15H21ClN2O/c1-2-17-8-13-14(16)4-3-5-15(13)18-9-11-6-7-12(10-18)19-11/h3-5,11-12,17H,2,6-10H2,1H3. The first-order chi connectivity index (χ1) is 9.28. The first-order valence-corrected chi connectivity index (χ1v) is 7.54.